The maximum Gasteiger partial charge on any atom is 0.257 e. The summed E-state index contributed by atoms with van der Waals surface area (Å²) in [5, 5.41) is 17.8. The Kier molecular flexibility index (Phi) is 4.29. The first-order chi connectivity index (χ1) is 11.1. The van der Waals surface area contributed by atoms with E-state index in [1.165, 1.54) is 11.0 Å². The largest absolute Gasteiger partial charge is 0.345 e. The molecule has 1 atom stereocenters. The lowest BCUT2D eigenvalue weighted by Gasteiger charge is -2.09. The Labute approximate surface area is 135 Å². The van der Waals surface area contributed by atoms with Crippen LogP contribution in [0.25, 0.3) is 11.5 Å². The number of benzene rings is 1. The van der Waals surface area contributed by atoms with Crippen LogP contribution in [0.2, 0.25) is 5.02 Å². The van der Waals surface area contributed by atoms with Gasteiger partial charge >= 0.3 is 0 Å². The predicted molar refractivity (Wildman–Crippen MR) is 79.1 cm³/mol. The fourth-order valence-electron chi connectivity index (χ4n) is 1.87. The summed E-state index contributed by atoms with van der Waals surface area (Å²) >= 11 is 5.84. The topological polar surface area (TPSA) is 112 Å². The Bertz CT molecular complexity index is 785. The van der Waals surface area contributed by atoms with E-state index in [0.717, 1.165) is 5.56 Å². The minimum atomic E-state index is -0.413. The molecule has 1 aromatic carbocycles. The first kappa shape index (κ1) is 15.1. The number of rotatable bonds is 5. The van der Waals surface area contributed by atoms with Gasteiger partial charge in [0.15, 0.2) is 5.82 Å². The molecule has 1 N–H and O–H groups in total. The first-order valence-electron chi connectivity index (χ1n) is 6.71. The second-order valence-corrected chi connectivity index (χ2v) is 5.20. The van der Waals surface area contributed by atoms with Gasteiger partial charge in [0, 0.05) is 10.6 Å². The fraction of sp³-hybridized carbons (Fsp3) is 0.231. The molecule has 0 aliphatic rings. The number of hydrogen-bond acceptors (Lipinski definition) is 7. The second kappa shape index (κ2) is 6.53. The molecule has 0 aliphatic heterocycles. The van der Waals surface area contributed by atoms with Gasteiger partial charge in [-0.1, -0.05) is 16.8 Å². The number of hydrogen-bond donors (Lipinski definition) is 1. The van der Waals surface area contributed by atoms with Gasteiger partial charge in [-0.05, 0) is 41.6 Å². The third kappa shape index (κ3) is 3.69. The highest BCUT2D eigenvalue weighted by atomic mass is 35.5. The zero-order chi connectivity index (χ0) is 16.2. The average molecular weight is 334 g/mol. The number of carbonyl (C=O) groups excluding carboxylic acids is 1. The molecule has 0 saturated carbocycles. The fourth-order valence-corrected chi connectivity index (χ4v) is 2.00. The monoisotopic (exact) mass is 333 g/mol. The lowest BCUT2D eigenvalue weighted by atomic mass is 10.2. The quantitative estimate of drug-likeness (QED) is 0.747. The van der Waals surface area contributed by atoms with Crippen LogP contribution in [-0.4, -0.2) is 36.3 Å². The van der Waals surface area contributed by atoms with Crippen LogP contribution in [0.4, 0.5) is 0 Å². The Morgan fingerprint density at radius 3 is 2.87 bits per heavy atom. The van der Waals surface area contributed by atoms with Gasteiger partial charge in [-0.15, -0.1) is 5.10 Å². The van der Waals surface area contributed by atoms with Crippen molar-refractivity contribution in [1.82, 2.24) is 35.7 Å². The Hall–Kier alpha value is -2.81. The highest BCUT2D eigenvalue weighted by molar-refractivity contribution is 6.30. The van der Waals surface area contributed by atoms with Crippen LogP contribution in [0.15, 0.2) is 35.1 Å². The SMILES string of the molecule is C[C@H](NC(=O)Cn1cnnn1)c1noc(-c2ccc(Cl)cc2)n1. The summed E-state index contributed by atoms with van der Waals surface area (Å²) in [6.07, 6.45) is 1.36. The third-order valence-corrected chi connectivity index (χ3v) is 3.25. The van der Waals surface area contributed by atoms with Gasteiger partial charge in [-0.3, -0.25) is 4.79 Å². The molecule has 9 nitrogen and oxygen atoms in total. The smallest absolute Gasteiger partial charge is 0.257 e. The number of carbonyl (C=O) groups is 1. The summed E-state index contributed by atoms with van der Waals surface area (Å²) in [7, 11) is 0. The molecule has 0 unspecified atom stereocenters. The van der Waals surface area contributed by atoms with Gasteiger partial charge in [0.05, 0.1) is 6.04 Å². The zero-order valence-electron chi connectivity index (χ0n) is 12.0. The standard InChI is InChI=1S/C13H12ClN7O2/c1-8(16-11(22)6-21-7-15-19-20-21)12-17-13(23-18-12)9-2-4-10(14)5-3-9/h2-5,7-8H,6H2,1H3,(H,16,22)/t8-/m0/s1. The van der Waals surface area contributed by atoms with E-state index in [1.54, 1.807) is 31.2 Å². The van der Waals surface area contributed by atoms with E-state index in [-0.39, 0.29) is 12.5 Å². The number of tetrazole rings is 1. The Morgan fingerprint density at radius 1 is 1.39 bits per heavy atom. The van der Waals surface area contributed by atoms with Crippen molar-refractivity contribution in [2.24, 2.45) is 0 Å². The summed E-state index contributed by atoms with van der Waals surface area (Å²) in [6, 6.07) is 6.61. The summed E-state index contributed by atoms with van der Waals surface area (Å²) < 4.78 is 6.52. The van der Waals surface area contributed by atoms with Crippen LogP contribution in [0.3, 0.4) is 0 Å². The zero-order valence-corrected chi connectivity index (χ0v) is 12.8. The highest BCUT2D eigenvalue weighted by Gasteiger charge is 2.17. The first-order valence-corrected chi connectivity index (χ1v) is 7.09. The van der Waals surface area contributed by atoms with E-state index < -0.39 is 6.04 Å². The molecule has 118 valence electrons. The molecule has 2 aromatic heterocycles. The van der Waals surface area contributed by atoms with Crippen molar-refractivity contribution >= 4 is 17.5 Å². The summed E-state index contributed by atoms with van der Waals surface area (Å²) in [5.41, 5.74) is 0.750. The maximum absolute atomic E-state index is 11.9. The van der Waals surface area contributed by atoms with Crippen LogP contribution in [0.5, 0.6) is 0 Å². The second-order valence-electron chi connectivity index (χ2n) is 4.76. The van der Waals surface area contributed by atoms with Gasteiger partial charge < -0.3 is 9.84 Å². The van der Waals surface area contributed by atoms with Gasteiger partial charge in [0.1, 0.15) is 12.9 Å². The normalized spacial score (nSPS) is 12.1. The van der Waals surface area contributed by atoms with E-state index >= 15 is 0 Å². The van der Waals surface area contributed by atoms with Crippen molar-refractivity contribution in [2.75, 3.05) is 0 Å². The minimum absolute atomic E-state index is 0.0131. The molecule has 2 heterocycles. The van der Waals surface area contributed by atoms with E-state index in [4.69, 9.17) is 16.1 Å². The summed E-state index contributed by atoms with van der Waals surface area (Å²) in [6.45, 7) is 1.77. The molecule has 3 rings (SSSR count). The summed E-state index contributed by atoms with van der Waals surface area (Å²) in [4.78, 5) is 16.2. The Balaban J connectivity index is 1.65. The molecule has 23 heavy (non-hydrogen) atoms. The van der Waals surface area contributed by atoms with E-state index in [9.17, 15) is 4.79 Å². The van der Waals surface area contributed by atoms with Gasteiger partial charge in [0.2, 0.25) is 5.91 Å². The minimum Gasteiger partial charge on any atom is -0.345 e. The predicted octanol–water partition coefficient (Wildman–Crippen LogP) is 1.25. The van der Waals surface area contributed by atoms with Crippen LogP contribution in [0, 0.1) is 0 Å². The van der Waals surface area contributed by atoms with Crippen molar-refractivity contribution < 1.29 is 9.32 Å². The highest BCUT2D eigenvalue weighted by Crippen LogP contribution is 2.21. The molecule has 0 spiro atoms. The van der Waals surface area contributed by atoms with Gasteiger partial charge in [-0.2, -0.15) is 4.98 Å². The number of nitrogens with zero attached hydrogens (tertiary/aromatic N) is 6. The van der Waals surface area contributed by atoms with Crippen molar-refractivity contribution in [3.05, 3.63) is 41.4 Å². The van der Waals surface area contributed by atoms with Crippen molar-refractivity contribution in [1.29, 1.82) is 0 Å². The lowest BCUT2D eigenvalue weighted by molar-refractivity contribution is -0.122. The van der Waals surface area contributed by atoms with E-state index in [0.29, 0.717) is 16.7 Å². The maximum atomic E-state index is 11.9. The molecule has 10 heteroatoms. The molecular formula is C13H12ClN7O2. The number of aromatic nitrogens is 6. The molecule has 0 fully saturated rings. The van der Waals surface area contributed by atoms with E-state index in [2.05, 4.69) is 31.0 Å². The van der Waals surface area contributed by atoms with E-state index in [1.807, 2.05) is 0 Å². The third-order valence-electron chi connectivity index (χ3n) is 2.99. The lowest BCUT2D eigenvalue weighted by Crippen LogP contribution is -2.30. The molecule has 3 aromatic rings. The molecular weight excluding hydrogens is 322 g/mol. The van der Waals surface area contributed by atoms with Gasteiger partial charge in [-0.25, -0.2) is 4.68 Å². The van der Waals surface area contributed by atoms with Crippen molar-refractivity contribution in [2.45, 2.75) is 19.5 Å². The van der Waals surface area contributed by atoms with Crippen LogP contribution < -0.4 is 5.32 Å². The summed E-state index contributed by atoms with van der Waals surface area (Å²) in [5.74, 6) is 0.473. The molecule has 0 bridgehead atoms. The molecule has 0 saturated heterocycles. The molecule has 0 radical (unpaired) electrons. The van der Waals surface area contributed by atoms with Crippen LogP contribution in [-0.2, 0) is 11.3 Å². The Morgan fingerprint density at radius 2 is 2.17 bits per heavy atom. The van der Waals surface area contributed by atoms with Crippen LogP contribution >= 0.6 is 11.6 Å². The molecule has 1 amide bonds. The number of nitrogens with one attached hydrogen (secondary N) is 1. The number of amides is 1. The van der Waals surface area contributed by atoms with Crippen molar-refractivity contribution in [3.63, 3.8) is 0 Å². The van der Waals surface area contributed by atoms with Crippen LogP contribution in [0.1, 0.15) is 18.8 Å². The number of halogens is 1. The van der Waals surface area contributed by atoms with Gasteiger partial charge in [0.25, 0.3) is 5.89 Å². The van der Waals surface area contributed by atoms with Crippen molar-refractivity contribution in [3.8, 4) is 11.5 Å². The average Bonchev–Trinajstić information content (AvgIpc) is 3.19. The molecule has 0 aliphatic carbocycles.